The number of fused-ring (bicyclic) bond motifs is 1. The van der Waals surface area contributed by atoms with Crippen LogP contribution in [0.5, 0.6) is 0 Å². The largest absolute Gasteiger partial charge is 0.457 e. The van der Waals surface area contributed by atoms with E-state index in [0.29, 0.717) is 21.2 Å². The smallest absolute Gasteiger partial charge is 0.338 e. The summed E-state index contributed by atoms with van der Waals surface area (Å²) in [4.78, 5) is 26.1. The molecule has 0 amide bonds. The van der Waals surface area contributed by atoms with Crippen molar-refractivity contribution >= 4 is 27.6 Å². The Morgan fingerprint density at radius 3 is 2.90 bits per heavy atom. The van der Waals surface area contributed by atoms with E-state index in [9.17, 15) is 14.9 Å². The average molecular weight is 335 g/mol. The van der Waals surface area contributed by atoms with E-state index in [-0.39, 0.29) is 24.0 Å². The van der Waals surface area contributed by atoms with E-state index >= 15 is 0 Å². The predicted octanol–water partition coefficient (Wildman–Crippen LogP) is 3.09. The molecule has 100 valence electrons. The van der Waals surface area contributed by atoms with Crippen molar-refractivity contribution in [1.82, 2.24) is 4.98 Å². The van der Waals surface area contributed by atoms with Gasteiger partial charge in [-0.05, 0) is 28.1 Å². The quantitative estimate of drug-likeness (QED) is 0.478. The molecule has 1 aromatic heterocycles. The van der Waals surface area contributed by atoms with Gasteiger partial charge in [-0.2, -0.15) is 0 Å². The first-order valence-electron chi connectivity index (χ1n) is 5.66. The lowest BCUT2D eigenvalue weighted by molar-refractivity contribution is -0.384. The lowest BCUT2D eigenvalue weighted by atomic mass is 10.0. The summed E-state index contributed by atoms with van der Waals surface area (Å²) >= 11 is 3.16. The summed E-state index contributed by atoms with van der Waals surface area (Å²) in [5.41, 5.74) is 1.96. The summed E-state index contributed by atoms with van der Waals surface area (Å²) < 4.78 is 5.45. The molecule has 0 aliphatic carbocycles. The van der Waals surface area contributed by atoms with Gasteiger partial charge in [-0.25, -0.2) is 9.78 Å². The lowest BCUT2D eigenvalue weighted by Gasteiger charge is -2.04. The Morgan fingerprint density at radius 2 is 2.15 bits per heavy atom. The van der Waals surface area contributed by atoms with Gasteiger partial charge in [0.1, 0.15) is 12.3 Å². The van der Waals surface area contributed by atoms with Gasteiger partial charge < -0.3 is 4.74 Å². The summed E-state index contributed by atoms with van der Waals surface area (Å²) in [7, 11) is 0. The molecule has 1 aliphatic rings. The molecule has 0 saturated heterocycles. The SMILES string of the molecule is O=C1OCc2cc(-c3ncc(Br)cc3[N+](=O)[O-])ccc21. The highest BCUT2D eigenvalue weighted by atomic mass is 79.9. The van der Waals surface area contributed by atoms with Gasteiger partial charge in [0, 0.05) is 27.9 Å². The van der Waals surface area contributed by atoms with Crippen LogP contribution < -0.4 is 0 Å². The zero-order chi connectivity index (χ0) is 14.3. The number of esters is 1. The van der Waals surface area contributed by atoms with Crippen LogP contribution in [0.25, 0.3) is 11.3 Å². The number of nitro groups is 1. The van der Waals surface area contributed by atoms with Crippen LogP contribution in [-0.2, 0) is 11.3 Å². The van der Waals surface area contributed by atoms with Crippen molar-refractivity contribution in [2.24, 2.45) is 0 Å². The van der Waals surface area contributed by atoms with Crippen LogP contribution in [0.2, 0.25) is 0 Å². The second kappa shape index (κ2) is 4.68. The van der Waals surface area contributed by atoms with Gasteiger partial charge in [0.15, 0.2) is 0 Å². The molecular weight excluding hydrogens is 328 g/mol. The first-order valence-corrected chi connectivity index (χ1v) is 6.46. The summed E-state index contributed by atoms with van der Waals surface area (Å²) in [6.07, 6.45) is 1.50. The molecule has 7 heteroatoms. The highest BCUT2D eigenvalue weighted by Crippen LogP contribution is 2.32. The predicted molar refractivity (Wildman–Crippen MR) is 73.1 cm³/mol. The minimum absolute atomic E-state index is 0.0930. The van der Waals surface area contributed by atoms with Gasteiger partial charge in [-0.15, -0.1) is 0 Å². The van der Waals surface area contributed by atoms with Crippen LogP contribution >= 0.6 is 15.9 Å². The van der Waals surface area contributed by atoms with Gasteiger partial charge in [-0.1, -0.05) is 6.07 Å². The number of hydrogen-bond donors (Lipinski definition) is 0. The van der Waals surface area contributed by atoms with Crippen molar-refractivity contribution in [2.45, 2.75) is 6.61 Å². The Hall–Kier alpha value is -2.28. The van der Waals surface area contributed by atoms with Gasteiger partial charge >= 0.3 is 5.97 Å². The molecule has 3 rings (SSSR count). The first kappa shape index (κ1) is 12.7. The number of benzene rings is 1. The number of aromatic nitrogens is 1. The van der Waals surface area contributed by atoms with Gasteiger partial charge in [0.25, 0.3) is 5.69 Å². The molecule has 0 atom stereocenters. The van der Waals surface area contributed by atoms with Crippen molar-refractivity contribution in [3.8, 4) is 11.3 Å². The Bertz CT molecular complexity index is 745. The van der Waals surface area contributed by atoms with E-state index in [1.54, 1.807) is 18.2 Å². The van der Waals surface area contributed by atoms with E-state index < -0.39 is 4.92 Å². The third kappa shape index (κ3) is 2.05. The Labute approximate surface area is 121 Å². The topological polar surface area (TPSA) is 82.3 Å². The standard InChI is InChI=1S/C13H7BrN2O4/c14-9-4-11(16(18)19)12(15-5-9)7-1-2-10-8(3-7)6-20-13(10)17/h1-5H,6H2. The molecule has 20 heavy (non-hydrogen) atoms. The van der Waals surface area contributed by atoms with Gasteiger partial charge in [0.05, 0.1) is 10.5 Å². The van der Waals surface area contributed by atoms with E-state index in [1.807, 2.05) is 0 Å². The monoisotopic (exact) mass is 334 g/mol. The van der Waals surface area contributed by atoms with Crippen molar-refractivity contribution < 1.29 is 14.5 Å². The van der Waals surface area contributed by atoms with E-state index in [4.69, 9.17) is 4.74 Å². The zero-order valence-corrected chi connectivity index (χ0v) is 11.6. The third-order valence-electron chi connectivity index (χ3n) is 2.99. The summed E-state index contributed by atoms with van der Waals surface area (Å²) in [6, 6.07) is 6.34. The Kier molecular flexibility index (Phi) is 2.98. The van der Waals surface area contributed by atoms with E-state index in [2.05, 4.69) is 20.9 Å². The highest BCUT2D eigenvalue weighted by molar-refractivity contribution is 9.10. The zero-order valence-electron chi connectivity index (χ0n) is 10.00. The van der Waals surface area contributed by atoms with E-state index in [0.717, 1.165) is 0 Å². The number of rotatable bonds is 2. The number of carbonyl (C=O) groups is 1. The van der Waals surface area contributed by atoms with Crippen LogP contribution in [0.1, 0.15) is 15.9 Å². The number of nitrogens with zero attached hydrogens (tertiary/aromatic N) is 2. The van der Waals surface area contributed by atoms with Crippen molar-refractivity contribution in [1.29, 1.82) is 0 Å². The second-order valence-electron chi connectivity index (χ2n) is 4.23. The normalized spacial score (nSPS) is 12.9. The molecule has 2 heterocycles. The number of hydrogen-bond acceptors (Lipinski definition) is 5. The van der Waals surface area contributed by atoms with Crippen LogP contribution in [0.15, 0.2) is 34.9 Å². The fraction of sp³-hybridized carbons (Fsp3) is 0.0769. The number of pyridine rings is 1. The molecule has 0 bridgehead atoms. The molecular formula is C13H7BrN2O4. The Balaban J connectivity index is 2.15. The molecule has 1 aromatic carbocycles. The third-order valence-corrected chi connectivity index (χ3v) is 3.42. The maximum Gasteiger partial charge on any atom is 0.338 e. The molecule has 0 N–H and O–H groups in total. The fourth-order valence-electron chi connectivity index (χ4n) is 2.07. The van der Waals surface area contributed by atoms with Crippen LogP contribution in [-0.4, -0.2) is 15.9 Å². The first-order chi connectivity index (χ1) is 9.56. The molecule has 0 unspecified atom stereocenters. The van der Waals surface area contributed by atoms with E-state index in [1.165, 1.54) is 12.3 Å². The minimum Gasteiger partial charge on any atom is -0.457 e. The average Bonchev–Trinajstić information content (AvgIpc) is 2.80. The molecule has 1 aliphatic heterocycles. The molecule has 0 fully saturated rings. The number of halogens is 1. The summed E-state index contributed by atoms with van der Waals surface area (Å²) in [6.45, 7) is 0.187. The fourth-order valence-corrected chi connectivity index (χ4v) is 2.39. The number of cyclic esters (lactones) is 1. The summed E-state index contributed by atoms with van der Waals surface area (Å²) in [5.74, 6) is -0.371. The maximum atomic E-state index is 11.4. The maximum absolute atomic E-state index is 11.4. The molecule has 0 radical (unpaired) electrons. The van der Waals surface area contributed by atoms with Crippen LogP contribution in [0, 0.1) is 10.1 Å². The molecule has 6 nitrogen and oxygen atoms in total. The van der Waals surface area contributed by atoms with Crippen molar-refractivity contribution in [3.05, 3.63) is 56.2 Å². The van der Waals surface area contributed by atoms with Crippen LogP contribution in [0.4, 0.5) is 5.69 Å². The van der Waals surface area contributed by atoms with Crippen molar-refractivity contribution in [3.63, 3.8) is 0 Å². The minimum atomic E-state index is -0.484. The molecule has 2 aromatic rings. The number of carbonyl (C=O) groups excluding carboxylic acids is 1. The highest BCUT2D eigenvalue weighted by Gasteiger charge is 2.24. The van der Waals surface area contributed by atoms with Crippen LogP contribution in [0.3, 0.4) is 0 Å². The lowest BCUT2D eigenvalue weighted by Crippen LogP contribution is -1.96. The molecule has 0 spiro atoms. The summed E-state index contributed by atoms with van der Waals surface area (Å²) in [5, 5.41) is 11.1. The Morgan fingerprint density at radius 1 is 1.35 bits per heavy atom. The number of ether oxygens (including phenoxy) is 1. The van der Waals surface area contributed by atoms with Gasteiger partial charge in [-0.3, -0.25) is 10.1 Å². The second-order valence-corrected chi connectivity index (χ2v) is 5.14. The molecule has 0 saturated carbocycles. The van der Waals surface area contributed by atoms with Gasteiger partial charge in [0.2, 0.25) is 0 Å². The van der Waals surface area contributed by atoms with Crippen molar-refractivity contribution in [2.75, 3.05) is 0 Å².